The summed E-state index contributed by atoms with van der Waals surface area (Å²) >= 11 is 6.44. The molecule has 164 valence electrons. The zero-order valence-electron chi connectivity index (χ0n) is 18.4. The molecule has 0 radical (unpaired) electrons. The summed E-state index contributed by atoms with van der Waals surface area (Å²) in [4.78, 5) is 3.66. The van der Waals surface area contributed by atoms with Gasteiger partial charge in [-0.3, -0.25) is 0 Å². The normalized spacial score (nSPS) is 15.5. The summed E-state index contributed by atoms with van der Waals surface area (Å²) in [7, 11) is 0. The van der Waals surface area contributed by atoms with Crippen LogP contribution in [0.3, 0.4) is 0 Å². The zero-order chi connectivity index (χ0) is 22.1. The first-order valence-corrected chi connectivity index (χ1v) is 11.5. The number of hydrogen-bond acceptors (Lipinski definition) is 3. The first kappa shape index (κ1) is 20.9. The molecular formula is C27H27ClN2O2. The third-order valence-corrected chi connectivity index (χ3v) is 6.26. The Balaban J connectivity index is 1.51. The Morgan fingerprint density at radius 1 is 1.03 bits per heavy atom. The molecule has 0 saturated carbocycles. The van der Waals surface area contributed by atoms with Crippen LogP contribution in [0.15, 0.2) is 60.7 Å². The Kier molecular flexibility index (Phi) is 5.81. The van der Waals surface area contributed by atoms with E-state index >= 15 is 0 Å². The van der Waals surface area contributed by atoms with E-state index in [2.05, 4.69) is 34.6 Å². The number of hydrogen-bond donors (Lipinski definition) is 2. The second kappa shape index (κ2) is 8.89. The van der Waals surface area contributed by atoms with E-state index in [1.54, 1.807) is 0 Å². The maximum atomic E-state index is 6.44. The van der Waals surface area contributed by atoms with Crippen LogP contribution in [0.2, 0.25) is 5.02 Å². The minimum Gasteiger partial charge on any atom is -0.493 e. The molecule has 1 atom stereocenters. The number of fused-ring (bicyclic) bond motifs is 3. The van der Waals surface area contributed by atoms with Gasteiger partial charge < -0.3 is 19.8 Å². The number of benzene rings is 3. The molecule has 0 aliphatic carbocycles. The van der Waals surface area contributed by atoms with E-state index in [4.69, 9.17) is 21.1 Å². The van der Waals surface area contributed by atoms with Crippen molar-refractivity contribution in [2.45, 2.75) is 32.9 Å². The Labute approximate surface area is 193 Å². The summed E-state index contributed by atoms with van der Waals surface area (Å²) in [5.41, 5.74) is 6.91. The van der Waals surface area contributed by atoms with Crippen molar-refractivity contribution in [3.05, 3.63) is 93.6 Å². The van der Waals surface area contributed by atoms with Crippen LogP contribution in [0.4, 0.5) is 0 Å². The van der Waals surface area contributed by atoms with Gasteiger partial charge in [0.1, 0.15) is 18.1 Å². The second-order valence-electron chi connectivity index (χ2n) is 8.21. The quantitative estimate of drug-likeness (QED) is 0.363. The minimum atomic E-state index is -0.00112. The van der Waals surface area contributed by atoms with E-state index in [-0.39, 0.29) is 6.04 Å². The predicted octanol–water partition coefficient (Wildman–Crippen LogP) is 6.34. The van der Waals surface area contributed by atoms with Gasteiger partial charge in [-0.05, 0) is 67.3 Å². The maximum Gasteiger partial charge on any atom is 0.127 e. The van der Waals surface area contributed by atoms with Crippen molar-refractivity contribution in [2.75, 3.05) is 13.2 Å². The topological polar surface area (TPSA) is 46.3 Å². The van der Waals surface area contributed by atoms with Crippen molar-refractivity contribution in [3.8, 4) is 11.5 Å². The summed E-state index contributed by atoms with van der Waals surface area (Å²) in [5, 5.41) is 5.61. The molecule has 32 heavy (non-hydrogen) atoms. The van der Waals surface area contributed by atoms with Gasteiger partial charge in [0.15, 0.2) is 0 Å². The second-order valence-corrected chi connectivity index (χ2v) is 8.65. The molecule has 5 rings (SSSR count). The summed E-state index contributed by atoms with van der Waals surface area (Å²) < 4.78 is 12.1. The minimum absolute atomic E-state index is 0.00112. The number of nitrogens with one attached hydrogen (secondary N) is 2. The van der Waals surface area contributed by atoms with E-state index < -0.39 is 0 Å². The number of H-pyrrole nitrogens is 1. The lowest BCUT2D eigenvalue weighted by Crippen LogP contribution is -2.31. The lowest BCUT2D eigenvalue weighted by molar-refractivity contribution is 0.306. The molecule has 2 heterocycles. The number of ether oxygens (including phenoxy) is 2. The Morgan fingerprint density at radius 2 is 1.88 bits per heavy atom. The van der Waals surface area contributed by atoms with Crippen molar-refractivity contribution >= 4 is 22.5 Å². The molecule has 0 saturated heterocycles. The molecule has 0 amide bonds. The number of halogens is 1. The highest BCUT2D eigenvalue weighted by atomic mass is 35.5. The molecule has 1 aliphatic heterocycles. The number of aromatic amines is 1. The van der Waals surface area contributed by atoms with Crippen molar-refractivity contribution in [3.63, 3.8) is 0 Å². The molecule has 0 fully saturated rings. The molecule has 5 heteroatoms. The monoisotopic (exact) mass is 446 g/mol. The Hall–Kier alpha value is -2.95. The van der Waals surface area contributed by atoms with Crippen LogP contribution < -0.4 is 14.8 Å². The maximum absolute atomic E-state index is 6.44. The molecular weight excluding hydrogens is 420 g/mol. The molecule has 1 unspecified atom stereocenters. The molecule has 0 bridgehead atoms. The van der Waals surface area contributed by atoms with Gasteiger partial charge in [0.05, 0.1) is 12.6 Å². The average Bonchev–Trinajstić information content (AvgIpc) is 3.18. The van der Waals surface area contributed by atoms with Gasteiger partial charge in [0.25, 0.3) is 0 Å². The van der Waals surface area contributed by atoms with Gasteiger partial charge in [-0.25, -0.2) is 0 Å². The van der Waals surface area contributed by atoms with E-state index in [0.29, 0.717) is 13.2 Å². The van der Waals surface area contributed by atoms with Crippen LogP contribution in [-0.4, -0.2) is 18.1 Å². The van der Waals surface area contributed by atoms with Crippen LogP contribution in [-0.2, 0) is 13.0 Å². The highest BCUT2D eigenvalue weighted by molar-refractivity contribution is 6.30. The first-order chi connectivity index (χ1) is 15.6. The number of aromatic nitrogens is 1. The molecule has 4 nitrogen and oxygen atoms in total. The predicted molar refractivity (Wildman–Crippen MR) is 130 cm³/mol. The standard InChI is InChI=1S/C27H27ClN2O2/c1-3-31-27-17(2)13-19(28)14-23(27)25-26-21(11-12-29-25)22-15-20(9-10-24(22)30-26)32-16-18-7-5-4-6-8-18/h4-10,13-15,25,29-30H,3,11-12,16H2,1-2H3. The van der Waals surface area contributed by atoms with Gasteiger partial charge >= 0.3 is 0 Å². The van der Waals surface area contributed by atoms with Crippen LogP contribution >= 0.6 is 11.6 Å². The van der Waals surface area contributed by atoms with Gasteiger partial charge in [-0.1, -0.05) is 41.9 Å². The van der Waals surface area contributed by atoms with Crippen molar-refractivity contribution in [1.29, 1.82) is 0 Å². The van der Waals surface area contributed by atoms with E-state index in [9.17, 15) is 0 Å². The zero-order valence-corrected chi connectivity index (χ0v) is 19.1. The number of aryl methyl sites for hydroxylation is 1. The number of rotatable bonds is 6. The summed E-state index contributed by atoms with van der Waals surface area (Å²) in [6.45, 7) is 6.12. The summed E-state index contributed by atoms with van der Waals surface area (Å²) in [6, 6.07) is 20.5. The fourth-order valence-electron chi connectivity index (χ4n) is 4.61. The molecule has 4 aromatic rings. The summed E-state index contributed by atoms with van der Waals surface area (Å²) in [5.74, 6) is 1.79. The molecule has 3 aromatic carbocycles. The van der Waals surface area contributed by atoms with Gasteiger partial charge in [0.2, 0.25) is 0 Å². The van der Waals surface area contributed by atoms with Crippen LogP contribution in [0.1, 0.15) is 40.9 Å². The summed E-state index contributed by atoms with van der Waals surface area (Å²) in [6.07, 6.45) is 0.956. The van der Waals surface area contributed by atoms with Crippen molar-refractivity contribution < 1.29 is 9.47 Å². The van der Waals surface area contributed by atoms with Crippen LogP contribution in [0.5, 0.6) is 11.5 Å². The van der Waals surface area contributed by atoms with E-state index in [1.165, 1.54) is 16.6 Å². The van der Waals surface area contributed by atoms with Gasteiger partial charge in [0, 0.05) is 33.7 Å². The highest BCUT2D eigenvalue weighted by Crippen LogP contribution is 2.40. The first-order valence-electron chi connectivity index (χ1n) is 11.1. The van der Waals surface area contributed by atoms with Gasteiger partial charge in [-0.2, -0.15) is 0 Å². The SMILES string of the molecule is CCOc1c(C)cc(Cl)cc1C1NCCc2c1[nH]c1ccc(OCc3ccccc3)cc21. The third-order valence-electron chi connectivity index (χ3n) is 6.04. The van der Waals surface area contributed by atoms with E-state index in [1.807, 2.05) is 50.2 Å². The average molecular weight is 447 g/mol. The van der Waals surface area contributed by atoms with E-state index in [0.717, 1.165) is 51.7 Å². The fraction of sp³-hybridized carbons (Fsp3) is 0.259. The molecule has 1 aromatic heterocycles. The highest BCUT2D eigenvalue weighted by Gasteiger charge is 2.28. The van der Waals surface area contributed by atoms with Crippen molar-refractivity contribution in [2.24, 2.45) is 0 Å². The van der Waals surface area contributed by atoms with Crippen LogP contribution in [0.25, 0.3) is 10.9 Å². The Bertz CT molecular complexity index is 1250. The fourth-order valence-corrected chi connectivity index (χ4v) is 4.90. The van der Waals surface area contributed by atoms with Crippen molar-refractivity contribution in [1.82, 2.24) is 10.3 Å². The molecule has 2 N–H and O–H groups in total. The molecule has 1 aliphatic rings. The lowest BCUT2D eigenvalue weighted by atomic mass is 9.92. The lowest BCUT2D eigenvalue weighted by Gasteiger charge is -2.27. The molecule has 0 spiro atoms. The van der Waals surface area contributed by atoms with Gasteiger partial charge in [-0.15, -0.1) is 0 Å². The Morgan fingerprint density at radius 3 is 2.69 bits per heavy atom. The largest absolute Gasteiger partial charge is 0.493 e. The smallest absolute Gasteiger partial charge is 0.127 e. The van der Waals surface area contributed by atoms with Crippen LogP contribution in [0, 0.1) is 6.92 Å². The third kappa shape index (κ3) is 3.96.